The number of nitrogens with one attached hydrogen (secondary N) is 1. The summed E-state index contributed by atoms with van der Waals surface area (Å²) in [7, 11) is 0. The van der Waals surface area contributed by atoms with Crippen molar-refractivity contribution < 1.29 is 18.3 Å². The zero-order valence-electron chi connectivity index (χ0n) is 12.9. The Morgan fingerprint density at radius 2 is 2.00 bits per heavy atom. The largest absolute Gasteiger partial charge is 0.506 e. The highest BCUT2D eigenvalue weighted by Crippen LogP contribution is 2.45. The van der Waals surface area contributed by atoms with Gasteiger partial charge < -0.3 is 10.4 Å². The van der Waals surface area contributed by atoms with Crippen LogP contribution in [0.4, 0.5) is 13.2 Å². The molecule has 0 saturated carbocycles. The third-order valence-electron chi connectivity index (χ3n) is 3.94. The number of rotatable bonds is 4. The van der Waals surface area contributed by atoms with E-state index in [0.29, 0.717) is 32.6 Å². The molecule has 1 saturated heterocycles. The molecule has 1 aromatic carbocycles. The van der Waals surface area contributed by atoms with E-state index in [9.17, 15) is 18.3 Å². The average Bonchev–Trinajstić information content (AvgIpc) is 2.47. The lowest BCUT2D eigenvalue weighted by molar-refractivity contribution is -0.139. The van der Waals surface area contributed by atoms with Gasteiger partial charge in [-0.3, -0.25) is 4.90 Å². The van der Waals surface area contributed by atoms with Gasteiger partial charge in [0, 0.05) is 37.8 Å². The third-order valence-corrected chi connectivity index (χ3v) is 4.58. The van der Waals surface area contributed by atoms with E-state index in [2.05, 4.69) is 27.8 Å². The Bertz CT molecular complexity index is 583. The summed E-state index contributed by atoms with van der Waals surface area (Å²) in [6.45, 7) is 8.31. The number of benzene rings is 1. The molecule has 1 aromatic rings. The van der Waals surface area contributed by atoms with E-state index < -0.39 is 17.8 Å². The van der Waals surface area contributed by atoms with E-state index in [1.54, 1.807) is 6.92 Å². The molecule has 3 nitrogen and oxygen atoms in total. The van der Waals surface area contributed by atoms with E-state index in [0.717, 1.165) is 11.6 Å². The van der Waals surface area contributed by atoms with Gasteiger partial charge in [0.2, 0.25) is 0 Å². The first-order chi connectivity index (χ1) is 10.7. The summed E-state index contributed by atoms with van der Waals surface area (Å²) in [6, 6.07) is 1.70. The van der Waals surface area contributed by atoms with Crippen LogP contribution in [0, 0.1) is 0 Å². The number of phenols is 1. The smallest absolute Gasteiger partial charge is 0.416 e. The fraction of sp³-hybridized carbons (Fsp3) is 0.500. The molecule has 0 amide bonds. The van der Waals surface area contributed by atoms with Gasteiger partial charge in [-0.15, -0.1) is 6.58 Å². The Hall–Kier alpha value is -1.05. The maximum atomic E-state index is 13.4. The lowest BCUT2D eigenvalue weighted by atomic mass is 9.92. The van der Waals surface area contributed by atoms with Gasteiger partial charge >= 0.3 is 6.18 Å². The molecule has 0 unspecified atom stereocenters. The molecule has 1 aliphatic heterocycles. The summed E-state index contributed by atoms with van der Waals surface area (Å²) in [4.78, 5) is 1.97. The van der Waals surface area contributed by atoms with Crippen molar-refractivity contribution >= 4 is 15.9 Å². The van der Waals surface area contributed by atoms with Crippen LogP contribution >= 0.6 is 15.9 Å². The number of nitrogens with zero attached hydrogens (tertiary/aromatic N) is 1. The summed E-state index contributed by atoms with van der Waals surface area (Å²) >= 11 is 3.13. The Morgan fingerprint density at radius 1 is 1.39 bits per heavy atom. The van der Waals surface area contributed by atoms with E-state index in [4.69, 9.17) is 0 Å². The van der Waals surface area contributed by atoms with Crippen molar-refractivity contribution in [2.45, 2.75) is 25.6 Å². The highest BCUT2D eigenvalue weighted by Gasteiger charge is 2.39. The second-order valence-corrected chi connectivity index (χ2v) is 6.67. The summed E-state index contributed by atoms with van der Waals surface area (Å²) in [5.41, 5.74) is -0.0826. The van der Waals surface area contributed by atoms with Crippen LogP contribution in [0.1, 0.15) is 30.5 Å². The van der Waals surface area contributed by atoms with Crippen LogP contribution in [-0.4, -0.2) is 36.2 Å². The highest BCUT2D eigenvalue weighted by molar-refractivity contribution is 9.10. The monoisotopic (exact) mass is 392 g/mol. The highest BCUT2D eigenvalue weighted by atomic mass is 79.9. The van der Waals surface area contributed by atoms with Crippen LogP contribution in [0.5, 0.6) is 5.75 Å². The first-order valence-electron chi connectivity index (χ1n) is 7.39. The first-order valence-corrected chi connectivity index (χ1v) is 8.19. The van der Waals surface area contributed by atoms with Crippen LogP contribution in [0.3, 0.4) is 0 Å². The molecule has 1 heterocycles. The number of aromatic hydroxyl groups is 1. The third kappa shape index (κ3) is 4.28. The normalized spacial score (nSPS) is 18.0. The molecule has 0 radical (unpaired) electrons. The lowest BCUT2D eigenvalue weighted by Gasteiger charge is -2.37. The van der Waals surface area contributed by atoms with Gasteiger partial charge in [-0.1, -0.05) is 5.57 Å². The fourth-order valence-corrected chi connectivity index (χ4v) is 3.25. The Morgan fingerprint density at radius 3 is 2.52 bits per heavy atom. The molecule has 0 aromatic heterocycles. The minimum atomic E-state index is -4.52. The number of phenolic OH excluding ortho intramolecular Hbond substituents is 1. The minimum absolute atomic E-state index is 0.0724. The molecule has 7 heteroatoms. The SMILES string of the molecule is C=C(C)C[C@H](c1c(C(F)(F)F)ccc(Br)c1O)N1CCNCC1. The molecular formula is C16H20BrF3N2O. The maximum absolute atomic E-state index is 13.4. The van der Waals surface area contributed by atoms with Gasteiger partial charge in [0.05, 0.1) is 10.0 Å². The van der Waals surface area contributed by atoms with E-state index >= 15 is 0 Å². The number of hydrogen-bond donors (Lipinski definition) is 2. The van der Waals surface area contributed by atoms with Crippen molar-refractivity contribution in [1.29, 1.82) is 0 Å². The number of halogens is 4. The predicted octanol–water partition coefficient (Wildman–Crippen LogP) is 4.09. The van der Waals surface area contributed by atoms with E-state index in [-0.39, 0.29) is 15.8 Å². The van der Waals surface area contributed by atoms with Crippen molar-refractivity contribution in [3.05, 3.63) is 39.9 Å². The van der Waals surface area contributed by atoms with Crippen molar-refractivity contribution in [2.75, 3.05) is 26.2 Å². The van der Waals surface area contributed by atoms with Gasteiger partial charge in [0.25, 0.3) is 0 Å². The Labute approximate surface area is 142 Å². The van der Waals surface area contributed by atoms with Crippen LogP contribution < -0.4 is 5.32 Å². The lowest BCUT2D eigenvalue weighted by Crippen LogP contribution is -2.45. The molecule has 128 valence electrons. The second kappa shape index (κ2) is 7.23. The van der Waals surface area contributed by atoms with Crippen molar-refractivity contribution in [3.8, 4) is 5.75 Å². The number of piperazine rings is 1. The zero-order chi connectivity index (χ0) is 17.2. The van der Waals surface area contributed by atoms with Gasteiger partial charge in [-0.25, -0.2) is 0 Å². The predicted molar refractivity (Wildman–Crippen MR) is 87.4 cm³/mol. The number of alkyl halides is 3. The summed E-state index contributed by atoms with van der Waals surface area (Å²) in [6.07, 6.45) is -4.15. The van der Waals surface area contributed by atoms with Crippen LogP contribution in [0.15, 0.2) is 28.8 Å². The standard InChI is InChI=1S/C16H20BrF3N2O/c1-10(2)9-13(22-7-5-21-6-8-22)14-11(16(18,19)20)3-4-12(17)15(14)23/h3-4,13,21,23H,1,5-9H2,2H3/t13-/m1/s1. The van der Waals surface area contributed by atoms with Crippen molar-refractivity contribution in [3.63, 3.8) is 0 Å². The molecule has 1 atom stereocenters. The molecular weight excluding hydrogens is 373 g/mol. The van der Waals surface area contributed by atoms with E-state index in [1.807, 2.05) is 4.90 Å². The van der Waals surface area contributed by atoms with Crippen molar-refractivity contribution in [1.82, 2.24) is 10.2 Å². The molecule has 0 bridgehead atoms. The zero-order valence-corrected chi connectivity index (χ0v) is 14.5. The van der Waals surface area contributed by atoms with Gasteiger partial charge in [0.1, 0.15) is 5.75 Å². The molecule has 2 N–H and O–H groups in total. The van der Waals surface area contributed by atoms with Crippen molar-refractivity contribution in [2.24, 2.45) is 0 Å². The topological polar surface area (TPSA) is 35.5 Å². The van der Waals surface area contributed by atoms with Gasteiger partial charge in [-0.2, -0.15) is 13.2 Å². The molecule has 2 rings (SSSR count). The summed E-state index contributed by atoms with van der Waals surface area (Å²) in [5.74, 6) is -0.343. The van der Waals surface area contributed by atoms with E-state index in [1.165, 1.54) is 6.07 Å². The quantitative estimate of drug-likeness (QED) is 0.757. The molecule has 1 aliphatic rings. The Balaban J connectivity index is 2.56. The molecule has 0 aliphatic carbocycles. The van der Waals surface area contributed by atoms with Crippen LogP contribution in [0.25, 0.3) is 0 Å². The number of hydrogen-bond acceptors (Lipinski definition) is 3. The Kier molecular flexibility index (Phi) is 5.75. The summed E-state index contributed by atoms with van der Waals surface area (Å²) in [5, 5.41) is 13.5. The van der Waals surface area contributed by atoms with Gasteiger partial charge in [-0.05, 0) is 41.4 Å². The first kappa shape index (κ1) is 18.3. The fourth-order valence-electron chi connectivity index (χ4n) is 2.90. The maximum Gasteiger partial charge on any atom is 0.416 e. The average molecular weight is 393 g/mol. The van der Waals surface area contributed by atoms with Crippen LogP contribution in [0.2, 0.25) is 0 Å². The van der Waals surface area contributed by atoms with Gasteiger partial charge in [0.15, 0.2) is 0 Å². The van der Waals surface area contributed by atoms with Crippen LogP contribution in [-0.2, 0) is 6.18 Å². The molecule has 0 spiro atoms. The second-order valence-electron chi connectivity index (χ2n) is 5.82. The summed E-state index contributed by atoms with van der Waals surface area (Å²) < 4.78 is 40.6. The minimum Gasteiger partial charge on any atom is -0.506 e. The molecule has 1 fully saturated rings. The molecule has 23 heavy (non-hydrogen) atoms.